The van der Waals surface area contributed by atoms with Crippen molar-refractivity contribution >= 4 is 23.6 Å². The van der Waals surface area contributed by atoms with Crippen LogP contribution in [0.15, 0.2) is 0 Å². The van der Waals surface area contributed by atoms with E-state index in [-0.39, 0.29) is 17.4 Å². The highest BCUT2D eigenvalue weighted by molar-refractivity contribution is 8.00. The van der Waals surface area contributed by atoms with Crippen LogP contribution in [0.4, 0.5) is 0 Å². The summed E-state index contributed by atoms with van der Waals surface area (Å²) in [6, 6.07) is 0. The lowest BCUT2D eigenvalue weighted by Crippen LogP contribution is -2.30. The molecular weight excluding hydrogens is 240 g/mol. The number of rotatable bonds is 10. The molecule has 0 aromatic carbocycles. The van der Waals surface area contributed by atoms with E-state index < -0.39 is 5.97 Å². The van der Waals surface area contributed by atoms with Gasteiger partial charge in [-0.25, -0.2) is 0 Å². The first kappa shape index (κ1) is 16.2. The summed E-state index contributed by atoms with van der Waals surface area (Å²) >= 11 is 1.12. The van der Waals surface area contributed by atoms with Crippen LogP contribution in [0.3, 0.4) is 0 Å². The van der Waals surface area contributed by atoms with E-state index in [1.165, 1.54) is 0 Å². The highest BCUT2D eigenvalue weighted by Gasteiger charge is 2.04. The Morgan fingerprint density at radius 1 is 1.24 bits per heavy atom. The van der Waals surface area contributed by atoms with Gasteiger partial charge in [0.15, 0.2) is 0 Å². The first-order valence-corrected chi connectivity index (χ1v) is 7.04. The van der Waals surface area contributed by atoms with Gasteiger partial charge in [0.25, 0.3) is 0 Å². The Labute approximate surface area is 107 Å². The van der Waals surface area contributed by atoms with Crippen LogP contribution in [0.25, 0.3) is 0 Å². The molecule has 0 atom stereocenters. The molecule has 2 N–H and O–H groups in total. The minimum absolute atomic E-state index is 0.0210. The molecule has 0 aliphatic heterocycles. The molecule has 0 heterocycles. The maximum atomic E-state index is 11.3. The van der Waals surface area contributed by atoms with Gasteiger partial charge in [-0.05, 0) is 26.1 Å². The van der Waals surface area contributed by atoms with Gasteiger partial charge in [-0.1, -0.05) is 13.8 Å². The standard InChI is InChI=1S/C11H22N2O3S/c1-3-13(4-2)7-5-6-12-10(14)8-17-9-11(15)16/h3-9H2,1-2H3,(H,12,14)(H,15,16). The molecule has 0 aromatic rings. The molecule has 1 amide bonds. The van der Waals surface area contributed by atoms with Gasteiger partial charge in [0.2, 0.25) is 5.91 Å². The fourth-order valence-electron chi connectivity index (χ4n) is 1.35. The van der Waals surface area contributed by atoms with Gasteiger partial charge in [-0.3, -0.25) is 9.59 Å². The van der Waals surface area contributed by atoms with Crippen molar-refractivity contribution in [2.45, 2.75) is 20.3 Å². The van der Waals surface area contributed by atoms with Crippen molar-refractivity contribution < 1.29 is 14.7 Å². The number of thioether (sulfide) groups is 1. The lowest BCUT2D eigenvalue weighted by atomic mass is 10.3. The van der Waals surface area contributed by atoms with Crippen LogP contribution in [-0.4, -0.2) is 59.6 Å². The SMILES string of the molecule is CCN(CC)CCCNC(=O)CSCC(=O)O. The second-order valence-corrected chi connectivity index (χ2v) is 4.60. The van der Waals surface area contributed by atoms with Crippen LogP contribution in [0.2, 0.25) is 0 Å². The fraction of sp³-hybridized carbons (Fsp3) is 0.818. The molecular formula is C11H22N2O3S. The van der Waals surface area contributed by atoms with Crippen LogP contribution < -0.4 is 5.32 Å². The molecule has 0 aliphatic carbocycles. The molecule has 5 nitrogen and oxygen atoms in total. The minimum Gasteiger partial charge on any atom is -0.481 e. The van der Waals surface area contributed by atoms with Crippen molar-refractivity contribution in [2.75, 3.05) is 37.7 Å². The maximum absolute atomic E-state index is 11.3. The second-order valence-electron chi connectivity index (χ2n) is 3.62. The molecule has 100 valence electrons. The second kappa shape index (κ2) is 10.4. The van der Waals surface area contributed by atoms with Crippen LogP contribution >= 0.6 is 11.8 Å². The van der Waals surface area contributed by atoms with Gasteiger partial charge in [-0.15, -0.1) is 11.8 Å². The molecule has 0 saturated heterocycles. The molecule has 0 fully saturated rings. The molecule has 0 radical (unpaired) electrons. The highest BCUT2D eigenvalue weighted by Crippen LogP contribution is 1.98. The van der Waals surface area contributed by atoms with E-state index in [2.05, 4.69) is 24.1 Å². The molecule has 17 heavy (non-hydrogen) atoms. The van der Waals surface area contributed by atoms with Gasteiger partial charge in [0, 0.05) is 6.54 Å². The molecule has 0 bridgehead atoms. The van der Waals surface area contributed by atoms with Gasteiger partial charge in [-0.2, -0.15) is 0 Å². The number of hydrogen-bond acceptors (Lipinski definition) is 4. The molecule has 0 aliphatic rings. The zero-order chi connectivity index (χ0) is 13.1. The monoisotopic (exact) mass is 262 g/mol. The van der Waals surface area contributed by atoms with Crippen molar-refractivity contribution in [2.24, 2.45) is 0 Å². The Morgan fingerprint density at radius 3 is 2.41 bits per heavy atom. The number of carbonyl (C=O) groups excluding carboxylic acids is 1. The summed E-state index contributed by atoms with van der Waals surface area (Å²) in [5.74, 6) is -0.773. The number of nitrogens with one attached hydrogen (secondary N) is 1. The first-order valence-electron chi connectivity index (χ1n) is 5.88. The largest absolute Gasteiger partial charge is 0.481 e. The van der Waals surface area contributed by atoms with Crippen LogP contribution in [-0.2, 0) is 9.59 Å². The zero-order valence-corrected chi connectivity index (χ0v) is 11.4. The van der Waals surface area contributed by atoms with Crippen molar-refractivity contribution in [1.82, 2.24) is 10.2 Å². The predicted molar refractivity (Wildman–Crippen MR) is 70.4 cm³/mol. The summed E-state index contributed by atoms with van der Waals surface area (Å²) in [6.45, 7) is 7.92. The Morgan fingerprint density at radius 2 is 1.88 bits per heavy atom. The number of amides is 1. The molecule has 6 heteroatoms. The maximum Gasteiger partial charge on any atom is 0.313 e. The van der Waals surface area contributed by atoms with E-state index >= 15 is 0 Å². The van der Waals surface area contributed by atoms with Crippen LogP contribution in [0, 0.1) is 0 Å². The number of aliphatic carboxylic acids is 1. The van der Waals surface area contributed by atoms with Crippen molar-refractivity contribution in [3.8, 4) is 0 Å². The fourth-order valence-corrected chi connectivity index (χ4v) is 1.92. The van der Waals surface area contributed by atoms with Crippen molar-refractivity contribution in [3.05, 3.63) is 0 Å². The smallest absolute Gasteiger partial charge is 0.313 e. The third-order valence-electron chi connectivity index (χ3n) is 2.33. The average Bonchev–Trinajstić information content (AvgIpc) is 2.29. The van der Waals surface area contributed by atoms with Gasteiger partial charge >= 0.3 is 5.97 Å². The summed E-state index contributed by atoms with van der Waals surface area (Å²) in [5.41, 5.74) is 0. The molecule has 0 aromatic heterocycles. The number of hydrogen-bond donors (Lipinski definition) is 2. The quantitative estimate of drug-likeness (QED) is 0.566. The summed E-state index contributed by atoms with van der Waals surface area (Å²) in [5, 5.41) is 11.2. The van der Waals surface area contributed by atoms with E-state index in [0.29, 0.717) is 6.54 Å². The summed E-state index contributed by atoms with van der Waals surface area (Å²) in [6.07, 6.45) is 0.928. The highest BCUT2D eigenvalue weighted by atomic mass is 32.2. The van der Waals surface area contributed by atoms with Crippen LogP contribution in [0.1, 0.15) is 20.3 Å². The van der Waals surface area contributed by atoms with E-state index in [1.54, 1.807) is 0 Å². The Hall–Kier alpha value is -0.750. The molecule has 0 saturated carbocycles. The minimum atomic E-state index is -0.885. The van der Waals surface area contributed by atoms with Gasteiger partial charge in [0.05, 0.1) is 11.5 Å². The van der Waals surface area contributed by atoms with E-state index in [4.69, 9.17) is 5.11 Å². The summed E-state index contributed by atoms with van der Waals surface area (Å²) in [4.78, 5) is 23.8. The summed E-state index contributed by atoms with van der Waals surface area (Å²) in [7, 11) is 0. The number of carbonyl (C=O) groups is 2. The first-order chi connectivity index (χ1) is 8.10. The topological polar surface area (TPSA) is 69.6 Å². The molecule has 0 unspecified atom stereocenters. The third-order valence-corrected chi connectivity index (χ3v) is 3.24. The molecule has 0 rings (SSSR count). The Balaban J connectivity index is 3.41. The van der Waals surface area contributed by atoms with E-state index in [0.717, 1.165) is 37.8 Å². The number of carboxylic acids is 1. The summed E-state index contributed by atoms with van der Waals surface area (Å²) < 4.78 is 0. The normalized spacial score (nSPS) is 10.5. The van der Waals surface area contributed by atoms with Crippen LogP contribution in [0.5, 0.6) is 0 Å². The lowest BCUT2D eigenvalue weighted by Gasteiger charge is -2.17. The molecule has 0 spiro atoms. The number of nitrogens with zero attached hydrogens (tertiary/aromatic N) is 1. The average molecular weight is 262 g/mol. The van der Waals surface area contributed by atoms with Gasteiger partial charge < -0.3 is 15.3 Å². The van der Waals surface area contributed by atoms with E-state index in [9.17, 15) is 9.59 Å². The Kier molecular flexibility index (Phi) is 9.95. The number of carboxylic acid groups (broad SMARTS) is 1. The van der Waals surface area contributed by atoms with E-state index in [1.807, 2.05) is 0 Å². The zero-order valence-electron chi connectivity index (χ0n) is 10.6. The lowest BCUT2D eigenvalue weighted by molar-refractivity contribution is -0.133. The van der Waals surface area contributed by atoms with Gasteiger partial charge in [0.1, 0.15) is 0 Å². The Bertz CT molecular complexity index is 233. The van der Waals surface area contributed by atoms with Crippen molar-refractivity contribution in [1.29, 1.82) is 0 Å². The predicted octanol–water partition coefficient (Wildman–Crippen LogP) is 0.652. The van der Waals surface area contributed by atoms with Crippen molar-refractivity contribution in [3.63, 3.8) is 0 Å². The third kappa shape index (κ3) is 10.1.